The van der Waals surface area contributed by atoms with Gasteiger partial charge in [0.2, 0.25) is 5.91 Å². The minimum Gasteiger partial charge on any atom is -0.340 e. The average molecular weight is 419 g/mol. The maximum absolute atomic E-state index is 13.1. The molecular formula is C20H20BrFN2O2. The van der Waals surface area contributed by atoms with E-state index >= 15 is 0 Å². The quantitative estimate of drug-likeness (QED) is 0.817. The van der Waals surface area contributed by atoms with Gasteiger partial charge in [0.15, 0.2) is 0 Å². The second kappa shape index (κ2) is 7.58. The number of rotatable bonds is 4. The highest BCUT2D eigenvalue weighted by Gasteiger charge is 2.33. The van der Waals surface area contributed by atoms with E-state index in [0.29, 0.717) is 12.1 Å². The minimum absolute atomic E-state index is 0.0774. The number of hydrogen-bond acceptors (Lipinski definition) is 2. The van der Waals surface area contributed by atoms with Crippen molar-refractivity contribution in [1.82, 2.24) is 5.32 Å². The molecule has 136 valence electrons. The molecule has 0 bridgehead atoms. The zero-order valence-corrected chi connectivity index (χ0v) is 16.2. The van der Waals surface area contributed by atoms with Crippen LogP contribution in [0.5, 0.6) is 0 Å². The van der Waals surface area contributed by atoms with E-state index in [9.17, 15) is 14.0 Å². The van der Waals surface area contributed by atoms with Crippen LogP contribution in [0.1, 0.15) is 29.8 Å². The molecule has 1 heterocycles. The number of nitrogens with one attached hydrogen (secondary N) is 1. The highest BCUT2D eigenvalue weighted by atomic mass is 79.9. The van der Waals surface area contributed by atoms with Crippen molar-refractivity contribution in [1.29, 1.82) is 0 Å². The van der Waals surface area contributed by atoms with Gasteiger partial charge in [0.05, 0.1) is 0 Å². The maximum atomic E-state index is 13.1. The van der Waals surface area contributed by atoms with Crippen molar-refractivity contribution in [3.05, 3.63) is 63.9 Å². The molecule has 0 saturated carbocycles. The topological polar surface area (TPSA) is 49.4 Å². The van der Waals surface area contributed by atoms with Crippen LogP contribution < -0.4 is 10.2 Å². The van der Waals surface area contributed by atoms with E-state index in [-0.39, 0.29) is 17.7 Å². The molecule has 0 fully saturated rings. The van der Waals surface area contributed by atoms with Crippen LogP contribution in [0.4, 0.5) is 10.1 Å². The Morgan fingerprint density at radius 3 is 2.50 bits per heavy atom. The number of amides is 2. The molecule has 0 aliphatic carbocycles. The Bertz CT molecular complexity index is 836. The van der Waals surface area contributed by atoms with Crippen LogP contribution in [-0.4, -0.2) is 24.4 Å². The minimum atomic E-state index is -0.651. The molecule has 0 radical (unpaired) electrons. The first-order valence-corrected chi connectivity index (χ1v) is 9.32. The highest BCUT2D eigenvalue weighted by molar-refractivity contribution is 9.10. The van der Waals surface area contributed by atoms with Crippen molar-refractivity contribution in [3.8, 4) is 0 Å². The number of halogens is 2. The molecule has 1 N–H and O–H groups in total. The van der Waals surface area contributed by atoms with Crippen molar-refractivity contribution in [2.24, 2.45) is 5.92 Å². The van der Waals surface area contributed by atoms with E-state index in [2.05, 4.69) is 21.2 Å². The largest absolute Gasteiger partial charge is 0.340 e. The van der Waals surface area contributed by atoms with Crippen LogP contribution in [0.2, 0.25) is 0 Å². The third-order valence-corrected chi connectivity index (χ3v) is 5.02. The summed E-state index contributed by atoms with van der Waals surface area (Å²) in [5.41, 5.74) is 2.33. The third kappa shape index (κ3) is 3.80. The molecule has 1 atom stereocenters. The number of benzene rings is 2. The fourth-order valence-corrected chi connectivity index (χ4v) is 3.52. The molecule has 6 heteroatoms. The molecule has 4 nitrogen and oxygen atoms in total. The fraction of sp³-hybridized carbons (Fsp3) is 0.300. The first-order valence-electron chi connectivity index (χ1n) is 8.53. The normalized spacial score (nSPS) is 14.3. The van der Waals surface area contributed by atoms with Gasteiger partial charge < -0.3 is 10.2 Å². The van der Waals surface area contributed by atoms with Crippen LogP contribution in [0.3, 0.4) is 0 Å². The molecule has 0 spiro atoms. The molecule has 2 aromatic rings. The number of carbonyl (C=O) groups is 2. The Labute approximate surface area is 160 Å². The van der Waals surface area contributed by atoms with Gasteiger partial charge in [-0.1, -0.05) is 29.8 Å². The summed E-state index contributed by atoms with van der Waals surface area (Å²) in [6.07, 6.45) is 0.789. The Hall–Kier alpha value is -2.21. The molecular weight excluding hydrogens is 399 g/mol. The Kier molecular flexibility index (Phi) is 5.41. The summed E-state index contributed by atoms with van der Waals surface area (Å²) in [5.74, 6) is -0.993. The second-order valence-corrected chi connectivity index (χ2v) is 7.63. The summed E-state index contributed by atoms with van der Waals surface area (Å²) in [4.78, 5) is 27.3. The van der Waals surface area contributed by atoms with Gasteiger partial charge in [-0.2, -0.15) is 0 Å². The third-order valence-electron chi connectivity index (χ3n) is 4.53. The Balaban J connectivity index is 1.79. The van der Waals surface area contributed by atoms with Crippen molar-refractivity contribution in [2.45, 2.75) is 26.3 Å². The Morgan fingerprint density at radius 2 is 1.85 bits per heavy atom. The molecule has 1 unspecified atom stereocenters. The SMILES string of the molecule is CC(C)C(NC(=O)c1ccc(F)cc1)C(=O)N1CCc2cc(Br)ccc21. The van der Waals surface area contributed by atoms with Gasteiger partial charge in [-0.25, -0.2) is 4.39 Å². The smallest absolute Gasteiger partial charge is 0.251 e. The lowest BCUT2D eigenvalue weighted by atomic mass is 10.0. The van der Waals surface area contributed by atoms with Gasteiger partial charge in [0.1, 0.15) is 11.9 Å². The Morgan fingerprint density at radius 1 is 1.15 bits per heavy atom. The van der Waals surface area contributed by atoms with Crippen LogP contribution in [-0.2, 0) is 11.2 Å². The van der Waals surface area contributed by atoms with Gasteiger partial charge in [-0.15, -0.1) is 0 Å². The van der Waals surface area contributed by atoms with E-state index in [1.165, 1.54) is 24.3 Å². The fourth-order valence-electron chi connectivity index (χ4n) is 3.11. The first-order chi connectivity index (χ1) is 12.4. The molecule has 0 aromatic heterocycles. The van der Waals surface area contributed by atoms with Gasteiger partial charge in [-0.05, 0) is 60.4 Å². The summed E-state index contributed by atoms with van der Waals surface area (Å²) in [6.45, 7) is 4.39. The number of anilines is 1. The van der Waals surface area contributed by atoms with Gasteiger partial charge in [0.25, 0.3) is 5.91 Å². The van der Waals surface area contributed by atoms with Crippen LogP contribution in [0.25, 0.3) is 0 Å². The zero-order valence-electron chi connectivity index (χ0n) is 14.6. The summed E-state index contributed by atoms with van der Waals surface area (Å²) in [5, 5.41) is 2.81. The molecule has 1 aliphatic rings. The lowest BCUT2D eigenvalue weighted by Gasteiger charge is -2.27. The number of hydrogen-bond donors (Lipinski definition) is 1. The predicted molar refractivity (Wildman–Crippen MR) is 103 cm³/mol. The van der Waals surface area contributed by atoms with Crippen LogP contribution >= 0.6 is 15.9 Å². The van der Waals surface area contributed by atoms with E-state index in [1.807, 2.05) is 32.0 Å². The summed E-state index contributed by atoms with van der Waals surface area (Å²) in [6, 6.07) is 10.5. The van der Waals surface area contributed by atoms with Gasteiger partial charge in [0, 0.05) is 22.3 Å². The van der Waals surface area contributed by atoms with Crippen LogP contribution in [0, 0.1) is 11.7 Å². The van der Waals surface area contributed by atoms with Gasteiger partial charge >= 0.3 is 0 Å². The number of nitrogens with zero attached hydrogens (tertiary/aromatic N) is 1. The molecule has 1 aliphatic heterocycles. The molecule has 3 rings (SSSR count). The number of carbonyl (C=O) groups excluding carboxylic acids is 2. The van der Waals surface area contributed by atoms with Crippen LogP contribution in [0.15, 0.2) is 46.9 Å². The van der Waals surface area contributed by atoms with E-state index in [0.717, 1.165) is 22.1 Å². The van der Waals surface area contributed by atoms with Crippen molar-refractivity contribution >= 4 is 33.4 Å². The summed E-state index contributed by atoms with van der Waals surface area (Å²) >= 11 is 3.45. The molecule has 2 amide bonds. The summed E-state index contributed by atoms with van der Waals surface area (Å²) in [7, 11) is 0. The van der Waals surface area contributed by atoms with E-state index in [4.69, 9.17) is 0 Å². The second-order valence-electron chi connectivity index (χ2n) is 6.71. The van der Waals surface area contributed by atoms with Crippen molar-refractivity contribution in [2.75, 3.05) is 11.4 Å². The average Bonchev–Trinajstić information content (AvgIpc) is 3.02. The standard InChI is InChI=1S/C20H20BrFN2O2/c1-12(2)18(23-19(25)13-3-6-16(22)7-4-13)20(26)24-10-9-14-11-15(21)5-8-17(14)24/h3-8,11-12,18H,9-10H2,1-2H3,(H,23,25). The highest BCUT2D eigenvalue weighted by Crippen LogP contribution is 2.31. The molecule has 0 saturated heterocycles. The molecule has 2 aromatic carbocycles. The summed E-state index contributed by atoms with van der Waals surface area (Å²) < 4.78 is 14.0. The van der Waals surface area contributed by atoms with Crippen molar-refractivity contribution in [3.63, 3.8) is 0 Å². The maximum Gasteiger partial charge on any atom is 0.251 e. The van der Waals surface area contributed by atoms with Gasteiger partial charge in [-0.3, -0.25) is 9.59 Å². The van der Waals surface area contributed by atoms with E-state index in [1.54, 1.807) is 4.90 Å². The number of fused-ring (bicyclic) bond motifs is 1. The monoisotopic (exact) mass is 418 g/mol. The zero-order chi connectivity index (χ0) is 18.8. The lowest BCUT2D eigenvalue weighted by Crippen LogP contribution is -2.51. The predicted octanol–water partition coefficient (Wildman–Crippen LogP) is 3.93. The molecule has 26 heavy (non-hydrogen) atoms. The lowest BCUT2D eigenvalue weighted by molar-refractivity contribution is -0.121. The van der Waals surface area contributed by atoms with Crippen molar-refractivity contribution < 1.29 is 14.0 Å². The first kappa shape index (κ1) is 18.6. The van der Waals surface area contributed by atoms with E-state index < -0.39 is 11.9 Å².